The number of carbonyl (C=O) groups excluding carboxylic acids is 1. The molecule has 2 nitrogen and oxygen atoms in total. The largest absolute Gasteiger partial charge is 0.304 e. The van der Waals surface area contributed by atoms with E-state index in [4.69, 9.17) is 28.1 Å². The molecule has 1 fully saturated rings. The Morgan fingerprint density at radius 2 is 2.50 bits per heavy atom. The predicted molar refractivity (Wildman–Crippen MR) is 65.7 cm³/mol. The molecule has 0 aromatic heterocycles. The van der Waals surface area contributed by atoms with Gasteiger partial charge in [-0.1, -0.05) is 36.1 Å². The van der Waals surface area contributed by atoms with Crippen LogP contribution >= 0.6 is 11.6 Å². The van der Waals surface area contributed by atoms with Gasteiger partial charge >= 0.3 is 0 Å². The molecule has 2 rings (SSSR count). The van der Waals surface area contributed by atoms with Gasteiger partial charge in [0, 0.05) is 21.0 Å². The lowest BCUT2D eigenvalue weighted by Crippen LogP contribution is -2.49. The zero-order chi connectivity index (χ0) is 22.0. The Kier molecular flexibility index (Phi) is 1.09. The molecule has 0 amide bonds. The van der Waals surface area contributed by atoms with Crippen LogP contribution in [-0.2, 0) is 10.3 Å². The zero-order valence-corrected chi connectivity index (χ0v) is 8.90. The molecule has 1 unspecified atom stereocenters. The maximum atomic E-state index is 13.1. The molecule has 0 bridgehead atoms. The minimum Gasteiger partial charge on any atom is -0.304 e. The number of rotatable bonds is 2. The molecule has 1 aliphatic carbocycles. The number of nitrogens with one attached hydrogen (secondary N) is 1. The molecule has 0 saturated heterocycles. The fourth-order valence-electron chi connectivity index (χ4n) is 1.59. The first-order valence-corrected chi connectivity index (χ1v) is 4.93. The Labute approximate surface area is 118 Å². The van der Waals surface area contributed by atoms with Crippen molar-refractivity contribution in [3.63, 3.8) is 0 Å². The van der Waals surface area contributed by atoms with Crippen molar-refractivity contribution in [3.05, 3.63) is 34.8 Å². The molecule has 16 heavy (non-hydrogen) atoms. The van der Waals surface area contributed by atoms with Crippen molar-refractivity contribution in [2.45, 2.75) is 31.1 Å². The monoisotopic (exact) mass is 249 g/mol. The Balaban J connectivity index is 2.99. The Morgan fingerprint density at radius 1 is 1.69 bits per heavy atom. The SMILES string of the molecule is [2H]c1c([2H])c([2H])c(C2(N([2H])C([2H])([2H])[2H])CCC([2H])([2H])C([2H])([2H])C2=O)c(Cl)c1[2H]. The quantitative estimate of drug-likeness (QED) is 0.873. The van der Waals surface area contributed by atoms with E-state index in [1.807, 2.05) is 0 Å². The van der Waals surface area contributed by atoms with Crippen molar-refractivity contribution in [3.8, 4) is 0 Å². The second-order valence-electron chi connectivity index (χ2n) is 3.29. The molecule has 0 radical (unpaired) electrons. The Morgan fingerprint density at radius 3 is 3.31 bits per heavy atom. The smallest absolute Gasteiger partial charge is 0.157 e. The van der Waals surface area contributed by atoms with Gasteiger partial charge in [-0.05, 0) is 31.4 Å². The van der Waals surface area contributed by atoms with E-state index in [2.05, 4.69) is 0 Å². The van der Waals surface area contributed by atoms with Crippen molar-refractivity contribution >= 4 is 17.4 Å². The average Bonchev–Trinajstić information content (AvgIpc) is 2.58. The summed E-state index contributed by atoms with van der Waals surface area (Å²) >= 11 is 6.05. The number of halogens is 1. The minimum atomic E-state index is -3.30. The number of likely N-dealkylation sites (N-methyl/N-ethyl adjacent to an activating group) is 1. The molecule has 1 saturated carbocycles. The van der Waals surface area contributed by atoms with Gasteiger partial charge in [0.05, 0.1) is 5.48 Å². The lowest BCUT2D eigenvalue weighted by molar-refractivity contribution is -0.127. The topological polar surface area (TPSA) is 29.1 Å². The number of ketones is 1. The van der Waals surface area contributed by atoms with Gasteiger partial charge in [-0.3, -0.25) is 4.79 Å². The molecule has 1 aliphatic rings. The predicted octanol–water partition coefficient (Wildman–Crippen LogP) is 2.90. The summed E-state index contributed by atoms with van der Waals surface area (Å²) in [5, 5.41) is -0.934. The van der Waals surface area contributed by atoms with Crippen LogP contribution in [0.5, 0.6) is 0 Å². The van der Waals surface area contributed by atoms with Gasteiger partial charge in [0.25, 0.3) is 0 Å². The van der Waals surface area contributed by atoms with Crippen LogP contribution in [-0.4, -0.2) is 12.8 Å². The summed E-state index contributed by atoms with van der Waals surface area (Å²) in [6.45, 7) is -3.30. The number of hydrogen-bond acceptors (Lipinski definition) is 2. The van der Waals surface area contributed by atoms with E-state index in [0.29, 0.717) is 0 Å². The third-order valence-electron chi connectivity index (χ3n) is 2.44. The van der Waals surface area contributed by atoms with Crippen molar-refractivity contribution in [1.82, 2.24) is 5.31 Å². The van der Waals surface area contributed by atoms with Crippen LogP contribution in [0.2, 0.25) is 6.43 Å². The number of hydrogen-bond donors (Lipinski definition) is 1. The lowest BCUT2D eigenvalue weighted by atomic mass is 9.75. The van der Waals surface area contributed by atoms with Gasteiger partial charge in [-0.2, -0.15) is 0 Å². The van der Waals surface area contributed by atoms with Gasteiger partial charge in [0.1, 0.15) is 6.95 Å². The third kappa shape index (κ3) is 1.76. The van der Waals surface area contributed by atoms with Crippen LogP contribution in [0.4, 0.5) is 0 Å². The maximum absolute atomic E-state index is 13.1. The molecular weight excluding hydrogens is 222 g/mol. The van der Waals surface area contributed by atoms with Crippen LogP contribution in [0.15, 0.2) is 24.2 Å². The molecule has 1 aromatic carbocycles. The second kappa shape index (κ2) is 4.56. The summed E-state index contributed by atoms with van der Waals surface area (Å²) in [5.74, 6) is -1.64. The van der Waals surface area contributed by atoms with Gasteiger partial charge in [0.15, 0.2) is 5.78 Å². The van der Waals surface area contributed by atoms with E-state index < -0.39 is 78.6 Å². The van der Waals surface area contributed by atoms with Gasteiger partial charge in [0.2, 0.25) is 0 Å². The van der Waals surface area contributed by atoms with Crippen LogP contribution < -0.4 is 5.31 Å². The van der Waals surface area contributed by atoms with E-state index in [-0.39, 0.29) is 5.31 Å². The summed E-state index contributed by atoms with van der Waals surface area (Å²) in [4.78, 5) is 13.1. The average molecular weight is 250 g/mol. The fourth-order valence-corrected chi connectivity index (χ4v) is 1.84. The van der Waals surface area contributed by atoms with Crippen molar-refractivity contribution in [1.29, 1.82) is 0 Å². The fraction of sp³-hybridized carbons (Fsp3) is 0.462. The summed E-state index contributed by atoms with van der Waals surface area (Å²) in [5.41, 5.74) is -3.50. The van der Waals surface area contributed by atoms with Crippen LogP contribution in [0.25, 0.3) is 0 Å². The molecule has 1 N–H and O–H groups in total. The summed E-state index contributed by atoms with van der Waals surface area (Å²) in [6.07, 6.45) is -7.32. The minimum absolute atomic E-state index is 0.211. The first-order chi connectivity index (χ1) is 12.4. The van der Waals surface area contributed by atoms with Crippen molar-refractivity contribution < 1.29 is 21.3 Å². The third-order valence-corrected chi connectivity index (χ3v) is 2.72. The first-order valence-electron chi connectivity index (χ1n) is 10.5. The normalized spacial score (nSPS) is 44.0. The van der Waals surface area contributed by atoms with Crippen molar-refractivity contribution in [2.75, 3.05) is 6.98 Å². The second-order valence-corrected chi connectivity index (χ2v) is 3.67. The van der Waals surface area contributed by atoms with E-state index in [1.165, 1.54) is 0 Å². The van der Waals surface area contributed by atoms with Gasteiger partial charge < -0.3 is 5.31 Å². The molecule has 1 aromatic rings. The maximum Gasteiger partial charge on any atom is 0.157 e. The molecule has 1 atom stereocenters. The summed E-state index contributed by atoms with van der Waals surface area (Å²) < 4.78 is 93.5. The molecule has 3 heteroatoms. The molecule has 0 aliphatic heterocycles. The van der Waals surface area contributed by atoms with Crippen LogP contribution in [0.1, 0.15) is 46.2 Å². The van der Waals surface area contributed by atoms with Gasteiger partial charge in [-0.25, -0.2) is 0 Å². The highest BCUT2D eigenvalue weighted by atomic mass is 35.5. The standard InChI is InChI=1S/C13H16ClNO/c1-15-13(9-5-4-8-12(13)16)10-6-2-3-7-11(10)14/h2-3,6-7,15H,4-5,8-9H2,1H3/i1D3,2D,3D,4D2,6D,7D,8D2/hD. The highest BCUT2D eigenvalue weighted by Crippen LogP contribution is 2.37. The Hall–Kier alpha value is -0.860. The number of Topliss-reactive ketones (excluding diaryl/α,β-unsaturated/α-hetero) is 1. The highest BCUT2D eigenvalue weighted by Gasteiger charge is 2.40. The molecule has 86 valence electrons. The summed E-state index contributed by atoms with van der Waals surface area (Å²) in [7, 11) is 0. The molecular formula is C13H16ClNO. The van der Waals surface area contributed by atoms with E-state index >= 15 is 0 Å². The van der Waals surface area contributed by atoms with Gasteiger partial charge in [-0.15, -0.1) is 0 Å². The summed E-state index contributed by atoms with van der Waals surface area (Å²) in [6, 6.07) is -3.26. The van der Waals surface area contributed by atoms with Crippen LogP contribution in [0.3, 0.4) is 0 Å². The van der Waals surface area contributed by atoms with E-state index in [0.717, 1.165) is 0 Å². The molecule has 0 spiro atoms. The van der Waals surface area contributed by atoms with Crippen molar-refractivity contribution in [2.24, 2.45) is 0 Å². The molecule has 0 heterocycles. The first kappa shape index (κ1) is 3.82. The lowest BCUT2D eigenvalue weighted by Gasteiger charge is -2.36. The van der Waals surface area contributed by atoms with E-state index in [9.17, 15) is 4.79 Å². The van der Waals surface area contributed by atoms with Crippen LogP contribution in [0, 0.1) is 0 Å². The zero-order valence-electron chi connectivity index (χ0n) is 20.1. The van der Waals surface area contributed by atoms with E-state index in [1.54, 1.807) is 0 Å². The highest BCUT2D eigenvalue weighted by molar-refractivity contribution is 6.31. The Bertz CT molecular complexity index is 809. The number of benzene rings is 1. The number of carbonyl (C=O) groups is 1.